The van der Waals surface area contributed by atoms with Crippen LogP contribution in [0.1, 0.15) is 18.1 Å². The second kappa shape index (κ2) is 6.74. The van der Waals surface area contributed by atoms with Crippen LogP contribution < -0.4 is 5.73 Å². The highest BCUT2D eigenvalue weighted by atomic mass is 32.2. The summed E-state index contributed by atoms with van der Waals surface area (Å²) in [5, 5.41) is 0. The number of sulfonamides is 1. The Labute approximate surface area is 126 Å². The van der Waals surface area contributed by atoms with E-state index in [1.807, 2.05) is 37.3 Å². The largest absolute Gasteiger partial charge is 0.398 e. The molecule has 0 aliphatic rings. The van der Waals surface area contributed by atoms with Gasteiger partial charge in [0.1, 0.15) is 0 Å². The van der Waals surface area contributed by atoms with Gasteiger partial charge in [0, 0.05) is 18.8 Å². The van der Waals surface area contributed by atoms with Gasteiger partial charge < -0.3 is 5.73 Å². The Morgan fingerprint density at radius 1 is 1.00 bits per heavy atom. The summed E-state index contributed by atoms with van der Waals surface area (Å²) in [5.41, 5.74) is 7.97. The fraction of sp³-hybridized carbons (Fsp3) is 0.250. The van der Waals surface area contributed by atoms with Crippen molar-refractivity contribution in [2.24, 2.45) is 0 Å². The average Bonchev–Trinajstić information content (AvgIpc) is 2.48. The maximum Gasteiger partial charge on any atom is 0.218 e. The van der Waals surface area contributed by atoms with Crippen molar-refractivity contribution in [2.75, 3.05) is 12.3 Å². The number of anilines is 1. The Morgan fingerprint density at radius 3 is 2.24 bits per heavy atom. The SMILES string of the molecule is CCN(Cc1ccccc1)S(=O)(=O)Cc1ccccc1N. The molecule has 0 atom stereocenters. The van der Waals surface area contributed by atoms with Crippen molar-refractivity contribution in [3.05, 3.63) is 65.7 Å². The van der Waals surface area contributed by atoms with Crippen molar-refractivity contribution in [1.29, 1.82) is 0 Å². The van der Waals surface area contributed by atoms with Crippen LogP contribution in [0.4, 0.5) is 5.69 Å². The maximum atomic E-state index is 12.6. The lowest BCUT2D eigenvalue weighted by atomic mass is 10.2. The third-order valence-electron chi connectivity index (χ3n) is 3.34. The number of nitrogen functional groups attached to an aromatic ring is 1. The molecule has 2 rings (SSSR count). The molecule has 0 bridgehead atoms. The van der Waals surface area contributed by atoms with Gasteiger partial charge in [-0.2, -0.15) is 4.31 Å². The summed E-state index contributed by atoms with van der Waals surface area (Å²) in [7, 11) is -3.39. The van der Waals surface area contributed by atoms with E-state index in [1.165, 1.54) is 4.31 Å². The van der Waals surface area contributed by atoms with Gasteiger partial charge in [0.25, 0.3) is 0 Å². The van der Waals surface area contributed by atoms with Gasteiger partial charge in [-0.3, -0.25) is 0 Å². The molecule has 5 heteroatoms. The van der Waals surface area contributed by atoms with Crippen molar-refractivity contribution in [1.82, 2.24) is 4.31 Å². The van der Waals surface area contributed by atoms with Crippen molar-refractivity contribution in [2.45, 2.75) is 19.2 Å². The molecule has 0 saturated heterocycles. The van der Waals surface area contributed by atoms with Gasteiger partial charge in [-0.15, -0.1) is 0 Å². The Kier molecular flexibility index (Phi) is 4.98. The van der Waals surface area contributed by atoms with E-state index in [4.69, 9.17) is 5.73 Å². The van der Waals surface area contributed by atoms with E-state index in [0.717, 1.165) is 5.56 Å². The van der Waals surface area contributed by atoms with Gasteiger partial charge in [-0.05, 0) is 17.2 Å². The average molecular weight is 304 g/mol. The summed E-state index contributed by atoms with van der Waals surface area (Å²) in [4.78, 5) is 0. The summed E-state index contributed by atoms with van der Waals surface area (Å²) in [6.45, 7) is 2.66. The minimum atomic E-state index is -3.39. The molecule has 0 unspecified atom stereocenters. The highest BCUT2D eigenvalue weighted by molar-refractivity contribution is 7.88. The van der Waals surface area contributed by atoms with Crippen LogP contribution in [0, 0.1) is 0 Å². The molecule has 0 fully saturated rings. The summed E-state index contributed by atoms with van der Waals surface area (Å²) in [6.07, 6.45) is 0. The molecule has 2 aromatic carbocycles. The highest BCUT2D eigenvalue weighted by Gasteiger charge is 2.22. The van der Waals surface area contributed by atoms with Gasteiger partial charge in [0.05, 0.1) is 5.75 Å². The monoisotopic (exact) mass is 304 g/mol. The summed E-state index contributed by atoms with van der Waals surface area (Å²) in [5.74, 6) is -0.0691. The standard InChI is InChI=1S/C16H20N2O2S/c1-2-18(12-14-8-4-3-5-9-14)21(19,20)13-15-10-6-7-11-16(15)17/h3-11H,2,12-13,17H2,1H3. The number of para-hydroxylation sites is 1. The predicted molar refractivity (Wildman–Crippen MR) is 86.0 cm³/mol. The van der Waals surface area contributed by atoms with Crippen LogP contribution in [0.3, 0.4) is 0 Å². The number of nitrogens with two attached hydrogens (primary N) is 1. The van der Waals surface area contributed by atoms with Gasteiger partial charge in [-0.1, -0.05) is 55.5 Å². The van der Waals surface area contributed by atoms with Crippen molar-refractivity contribution < 1.29 is 8.42 Å². The quantitative estimate of drug-likeness (QED) is 0.834. The van der Waals surface area contributed by atoms with Crippen molar-refractivity contribution in [3.8, 4) is 0 Å². The fourth-order valence-electron chi connectivity index (χ4n) is 2.15. The third kappa shape index (κ3) is 4.06. The van der Waals surface area contributed by atoms with E-state index in [-0.39, 0.29) is 5.75 Å². The molecule has 21 heavy (non-hydrogen) atoms. The number of benzene rings is 2. The fourth-order valence-corrected chi connectivity index (χ4v) is 3.72. The Bertz CT molecular complexity index is 684. The summed E-state index contributed by atoms with van der Waals surface area (Å²) < 4.78 is 26.6. The summed E-state index contributed by atoms with van der Waals surface area (Å²) in [6, 6.07) is 16.7. The molecule has 0 aliphatic heterocycles. The van der Waals surface area contributed by atoms with Crippen LogP contribution in [0.5, 0.6) is 0 Å². The molecule has 2 N–H and O–H groups in total. The Balaban J connectivity index is 2.18. The Hall–Kier alpha value is -1.85. The van der Waals surface area contributed by atoms with E-state index in [9.17, 15) is 8.42 Å². The topological polar surface area (TPSA) is 63.4 Å². The third-order valence-corrected chi connectivity index (χ3v) is 5.19. The minimum absolute atomic E-state index is 0.0691. The van der Waals surface area contributed by atoms with E-state index in [2.05, 4.69) is 0 Å². The van der Waals surface area contributed by atoms with Crippen LogP contribution >= 0.6 is 0 Å². The second-order valence-electron chi connectivity index (χ2n) is 4.87. The van der Waals surface area contributed by atoms with Crippen LogP contribution in [0.2, 0.25) is 0 Å². The van der Waals surface area contributed by atoms with E-state index in [1.54, 1.807) is 24.3 Å². The minimum Gasteiger partial charge on any atom is -0.398 e. The van der Waals surface area contributed by atoms with E-state index < -0.39 is 10.0 Å². The first-order valence-corrected chi connectivity index (χ1v) is 8.49. The molecule has 0 radical (unpaired) electrons. The predicted octanol–water partition coefficient (Wildman–Crippen LogP) is 2.62. The molecule has 2 aromatic rings. The van der Waals surface area contributed by atoms with Crippen LogP contribution in [-0.4, -0.2) is 19.3 Å². The van der Waals surface area contributed by atoms with Crippen molar-refractivity contribution in [3.63, 3.8) is 0 Å². The molecule has 0 spiro atoms. The normalized spacial score (nSPS) is 11.7. The first-order chi connectivity index (χ1) is 10.0. The van der Waals surface area contributed by atoms with E-state index >= 15 is 0 Å². The number of hydrogen-bond donors (Lipinski definition) is 1. The summed E-state index contributed by atoms with van der Waals surface area (Å²) >= 11 is 0. The molecule has 112 valence electrons. The molecular formula is C16H20N2O2S. The lowest BCUT2D eigenvalue weighted by Gasteiger charge is -2.21. The zero-order valence-corrected chi connectivity index (χ0v) is 12.9. The van der Waals surface area contributed by atoms with Crippen LogP contribution in [0.15, 0.2) is 54.6 Å². The Morgan fingerprint density at radius 2 is 1.62 bits per heavy atom. The molecular weight excluding hydrogens is 284 g/mol. The van der Waals surface area contributed by atoms with E-state index in [0.29, 0.717) is 24.3 Å². The molecule has 0 heterocycles. The molecule has 0 saturated carbocycles. The lowest BCUT2D eigenvalue weighted by Crippen LogP contribution is -2.31. The van der Waals surface area contributed by atoms with Gasteiger partial charge >= 0.3 is 0 Å². The molecule has 0 amide bonds. The number of nitrogens with zero attached hydrogens (tertiary/aromatic N) is 1. The number of hydrogen-bond acceptors (Lipinski definition) is 3. The lowest BCUT2D eigenvalue weighted by molar-refractivity contribution is 0.423. The van der Waals surface area contributed by atoms with Gasteiger partial charge in [-0.25, -0.2) is 8.42 Å². The van der Waals surface area contributed by atoms with Crippen molar-refractivity contribution >= 4 is 15.7 Å². The van der Waals surface area contributed by atoms with Gasteiger partial charge in [0.2, 0.25) is 10.0 Å². The zero-order chi connectivity index (χ0) is 15.3. The first kappa shape index (κ1) is 15.5. The zero-order valence-electron chi connectivity index (χ0n) is 12.1. The van der Waals surface area contributed by atoms with Crippen LogP contribution in [-0.2, 0) is 22.3 Å². The van der Waals surface area contributed by atoms with Gasteiger partial charge in [0.15, 0.2) is 0 Å². The second-order valence-corrected chi connectivity index (χ2v) is 6.84. The molecule has 0 aromatic heterocycles. The van der Waals surface area contributed by atoms with Crippen LogP contribution in [0.25, 0.3) is 0 Å². The maximum absolute atomic E-state index is 12.6. The molecule has 0 aliphatic carbocycles. The first-order valence-electron chi connectivity index (χ1n) is 6.88. The molecule has 4 nitrogen and oxygen atoms in total. The number of rotatable bonds is 6. The highest BCUT2D eigenvalue weighted by Crippen LogP contribution is 2.18. The smallest absolute Gasteiger partial charge is 0.218 e.